The molecule has 1 atom stereocenters. The Morgan fingerprint density at radius 1 is 1.17 bits per heavy atom. The number of aliphatic hydroxyl groups excluding tert-OH is 1. The lowest BCUT2D eigenvalue weighted by molar-refractivity contribution is 0.0693. The fourth-order valence-electron chi connectivity index (χ4n) is 3.61. The largest absolute Gasteiger partial charge is 0.491 e. The molecule has 1 saturated heterocycles. The summed E-state index contributed by atoms with van der Waals surface area (Å²) in [5.74, 6) is 1.30. The van der Waals surface area contributed by atoms with E-state index in [1.807, 2.05) is 18.2 Å². The number of ether oxygens (including phenoxy) is 1. The minimum absolute atomic E-state index is 0.337. The Balaban J connectivity index is 1.40. The van der Waals surface area contributed by atoms with Gasteiger partial charge in [-0.1, -0.05) is 38.8 Å². The molecule has 1 aromatic heterocycles. The highest BCUT2D eigenvalue weighted by atomic mass is 32.1. The number of benzene rings is 1. The molecule has 0 aliphatic carbocycles. The second-order valence-corrected chi connectivity index (χ2v) is 9.15. The van der Waals surface area contributed by atoms with Crippen LogP contribution in [0.4, 0.5) is 0 Å². The first-order valence-corrected chi connectivity index (χ1v) is 11.8. The first kappa shape index (κ1) is 22.2. The van der Waals surface area contributed by atoms with Crippen molar-refractivity contribution in [2.45, 2.75) is 64.6 Å². The zero-order chi connectivity index (χ0) is 20.5. The lowest BCUT2D eigenvalue weighted by Gasteiger charge is -2.23. The Kier molecular flexibility index (Phi) is 8.92. The predicted octanol–water partition coefficient (Wildman–Crippen LogP) is 4.17. The van der Waals surface area contributed by atoms with Gasteiger partial charge in [0.15, 0.2) is 0 Å². The van der Waals surface area contributed by atoms with Crippen LogP contribution in [-0.4, -0.2) is 47.3 Å². The number of nitrogens with zero attached hydrogens (tertiary/aromatic N) is 2. The zero-order valence-electron chi connectivity index (χ0n) is 17.8. The Labute approximate surface area is 179 Å². The van der Waals surface area contributed by atoms with E-state index in [0.717, 1.165) is 37.6 Å². The summed E-state index contributed by atoms with van der Waals surface area (Å²) >= 11 is 1.73. The van der Waals surface area contributed by atoms with Crippen LogP contribution in [0.1, 0.15) is 61.7 Å². The molecule has 1 aliphatic rings. The highest BCUT2D eigenvalue weighted by molar-refractivity contribution is 7.09. The fourth-order valence-corrected chi connectivity index (χ4v) is 4.45. The van der Waals surface area contributed by atoms with Crippen molar-refractivity contribution >= 4 is 11.3 Å². The summed E-state index contributed by atoms with van der Waals surface area (Å²) in [5.41, 5.74) is 2.27. The van der Waals surface area contributed by atoms with E-state index < -0.39 is 6.10 Å². The van der Waals surface area contributed by atoms with Gasteiger partial charge in [0.2, 0.25) is 0 Å². The molecule has 29 heavy (non-hydrogen) atoms. The van der Waals surface area contributed by atoms with E-state index in [1.165, 1.54) is 36.3 Å². The maximum Gasteiger partial charge on any atom is 0.119 e. The molecule has 1 aromatic carbocycles. The van der Waals surface area contributed by atoms with Gasteiger partial charge < -0.3 is 20.1 Å². The van der Waals surface area contributed by atoms with Crippen molar-refractivity contribution in [3.05, 3.63) is 45.9 Å². The van der Waals surface area contributed by atoms with Gasteiger partial charge in [-0.2, -0.15) is 0 Å². The maximum absolute atomic E-state index is 10.3. The number of hydrogen-bond donors (Lipinski definition) is 2. The highest BCUT2D eigenvalue weighted by Crippen LogP contribution is 2.19. The molecule has 0 saturated carbocycles. The molecular formula is C23H35N3O2S. The van der Waals surface area contributed by atoms with Crippen molar-refractivity contribution < 1.29 is 9.84 Å². The van der Waals surface area contributed by atoms with Crippen LogP contribution in [0.2, 0.25) is 0 Å². The molecule has 6 heteroatoms. The van der Waals surface area contributed by atoms with Crippen molar-refractivity contribution in [3.63, 3.8) is 0 Å². The van der Waals surface area contributed by atoms with Crippen LogP contribution in [0.5, 0.6) is 5.75 Å². The van der Waals surface area contributed by atoms with E-state index in [2.05, 4.69) is 40.5 Å². The number of nitrogens with one attached hydrogen (secondary N) is 1. The van der Waals surface area contributed by atoms with Crippen LogP contribution in [0.3, 0.4) is 0 Å². The molecule has 1 fully saturated rings. The van der Waals surface area contributed by atoms with E-state index in [9.17, 15) is 5.11 Å². The third kappa shape index (κ3) is 7.70. The van der Waals surface area contributed by atoms with Gasteiger partial charge in [-0.05, 0) is 43.6 Å². The fraction of sp³-hybridized carbons (Fsp3) is 0.609. The monoisotopic (exact) mass is 417 g/mol. The normalized spacial score (nSPS) is 16.7. The van der Waals surface area contributed by atoms with Gasteiger partial charge in [-0.15, -0.1) is 11.3 Å². The van der Waals surface area contributed by atoms with Crippen molar-refractivity contribution in [2.75, 3.05) is 26.2 Å². The Hall–Kier alpha value is -1.47. The Morgan fingerprint density at radius 3 is 2.69 bits per heavy atom. The Bertz CT molecular complexity index is 726. The zero-order valence-corrected chi connectivity index (χ0v) is 18.6. The van der Waals surface area contributed by atoms with Gasteiger partial charge in [-0.25, -0.2) is 4.98 Å². The van der Waals surface area contributed by atoms with E-state index >= 15 is 0 Å². The molecule has 0 spiro atoms. The van der Waals surface area contributed by atoms with E-state index in [0.29, 0.717) is 19.1 Å². The molecule has 0 radical (unpaired) electrons. The number of rotatable bonds is 10. The van der Waals surface area contributed by atoms with Crippen LogP contribution in [0, 0.1) is 0 Å². The first-order valence-electron chi connectivity index (χ1n) is 10.9. The van der Waals surface area contributed by atoms with Crippen LogP contribution in [0.25, 0.3) is 0 Å². The van der Waals surface area contributed by atoms with Crippen molar-refractivity contribution in [3.8, 4) is 5.75 Å². The number of thiazole rings is 1. The molecule has 2 N–H and O–H groups in total. The van der Waals surface area contributed by atoms with E-state index in [1.54, 1.807) is 11.3 Å². The van der Waals surface area contributed by atoms with Crippen LogP contribution < -0.4 is 10.1 Å². The molecule has 0 bridgehead atoms. The van der Waals surface area contributed by atoms with Crippen LogP contribution >= 0.6 is 11.3 Å². The molecule has 2 heterocycles. The number of aromatic nitrogens is 1. The highest BCUT2D eigenvalue weighted by Gasteiger charge is 2.14. The van der Waals surface area contributed by atoms with Crippen molar-refractivity contribution in [1.29, 1.82) is 0 Å². The van der Waals surface area contributed by atoms with Gasteiger partial charge in [-0.3, -0.25) is 0 Å². The Morgan fingerprint density at radius 2 is 1.97 bits per heavy atom. The van der Waals surface area contributed by atoms with E-state index in [4.69, 9.17) is 4.74 Å². The summed E-state index contributed by atoms with van der Waals surface area (Å²) in [6, 6.07) is 8.10. The molecule has 1 aliphatic heterocycles. The molecule has 2 aromatic rings. The SMILES string of the molecule is CC(C)c1nc(CNCc2cccc(OCC(O)CN3CCCCCC3)c2)cs1. The molecule has 1 unspecified atom stereocenters. The lowest BCUT2D eigenvalue weighted by Crippen LogP contribution is -2.36. The molecule has 160 valence electrons. The summed E-state index contributed by atoms with van der Waals surface area (Å²) in [6.07, 6.45) is 4.65. The molecule has 3 rings (SSSR count). The number of likely N-dealkylation sites (tertiary alicyclic amines) is 1. The minimum atomic E-state index is -0.449. The topological polar surface area (TPSA) is 57.6 Å². The summed E-state index contributed by atoms with van der Waals surface area (Å²) in [7, 11) is 0. The minimum Gasteiger partial charge on any atom is -0.491 e. The third-order valence-corrected chi connectivity index (χ3v) is 6.40. The quantitative estimate of drug-likeness (QED) is 0.608. The summed E-state index contributed by atoms with van der Waals surface area (Å²) in [5, 5.41) is 17.1. The predicted molar refractivity (Wildman–Crippen MR) is 120 cm³/mol. The first-order chi connectivity index (χ1) is 14.1. The summed E-state index contributed by atoms with van der Waals surface area (Å²) in [6.45, 7) is 9.10. The second kappa shape index (κ2) is 11.6. The molecule has 5 nitrogen and oxygen atoms in total. The standard InChI is InChI=1S/C23H35N3O2S/c1-18(2)23-25-20(17-29-23)14-24-13-19-8-7-9-22(12-19)28-16-21(27)15-26-10-5-3-4-6-11-26/h7-9,12,17-18,21,24,27H,3-6,10-11,13-16H2,1-2H3. The summed E-state index contributed by atoms with van der Waals surface area (Å²) < 4.78 is 5.86. The van der Waals surface area contributed by atoms with Gasteiger partial charge in [0.1, 0.15) is 18.5 Å². The van der Waals surface area contributed by atoms with Gasteiger partial charge >= 0.3 is 0 Å². The molecule has 0 amide bonds. The van der Waals surface area contributed by atoms with Gasteiger partial charge in [0.05, 0.1) is 10.7 Å². The average molecular weight is 418 g/mol. The second-order valence-electron chi connectivity index (χ2n) is 8.26. The maximum atomic E-state index is 10.3. The third-order valence-electron chi connectivity index (χ3n) is 5.21. The lowest BCUT2D eigenvalue weighted by atomic mass is 10.2. The smallest absolute Gasteiger partial charge is 0.119 e. The number of aliphatic hydroxyl groups is 1. The molecular weight excluding hydrogens is 382 g/mol. The van der Waals surface area contributed by atoms with Crippen molar-refractivity contribution in [1.82, 2.24) is 15.2 Å². The van der Waals surface area contributed by atoms with E-state index in [-0.39, 0.29) is 0 Å². The van der Waals surface area contributed by atoms with Crippen LogP contribution in [0.15, 0.2) is 29.6 Å². The number of β-amino-alcohol motifs (C(OH)–C–C–N with tert-alkyl or cyclic N) is 1. The average Bonchev–Trinajstić information content (AvgIpc) is 3.04. The van der Waals surface area contributed by atoms with Gasteiger partial charge in [0, 0.05) is 30.9 Å². The summed E-state index contributed by atoms with van der Waals surface area (Å²) in [4.78, 5) is 7.03. The van der Waals surface area contributed by atoms with Crippen molar-refractivity contribution in [2.24, 2.45) is 0 Å². The number of hydrogen-bond acceptors (Lipinski definition) is 6. The van der Waals surface area contributed by atoms with Crippen LogP contribution in [-0.2, 0) is 13.1 Å². The van der Waals surface area contributed by atoms with Gasteiger partial charge in [0.25, 0.3) is 0 Å².